The van der Waals surface area contributed by atoms with Gasteiger partial charge in [0.25, 0.3) is 0 Å². The van der Waals surface area contributed by atoms with Gasteiger partial charge in [-0.1, -0.05) is 35.9 Å². The Balaban J connectivity index is 1.29. The number of rotatable bonds is 6. The molecule has 1 saturated heterocycles. The zero-order chi connectivity index (χ0) is 20.2. The van der Waals surface area contributed by atoms with Crippen molar-refractivity contribution >= 4 is 5.82 Å². The van der Waals surface area contributed by atoms with Crippen molar-refractivity contribution in [1.82, 2.24) is 10.3 Å². The van der Waals surface area contributed by atoms with E-state index in [1.807, 2.05) is 18.3 Å². The predicted octanol–water partition coefficient (Wildman–Crippen LogP) is 4.55. The van der Waals surface area contributed by atoms with Crippen LogP contribution in [0.4, 0.5) is 5.82 Å². The maximum atomic E-state index is 5.97. The predicted molar refractivity (Wildman–Crippen MR) is 116 cm³/mol. The van der Waals surface area contributed by atoms with Crippen LogP contribution in [-0.2, 0) is 17.8 Å². The van der Waals surface area contributed by atoms with Crippen molar-refractivity contribution in [2.75, 3.05) is 18.0 Å². The summed E-state index contributed by atoms with van der Waals surface area (Å²) in [4.78, 5) is 6.95. The van der Waals surface area contributed by atoms with Gasteiger partial charge < -0.3 is 19.4 Å². The lowest BCUT2D eigenvalue weighted by Gasteiger charge is -2.36. The minimum atomic E-state index is 0.236. The highest BCUT2D eigenvalue weighted by Gasteiger charge is 2.22. The number of aromatic nitrogens is 1. The maximum absolute atomic E-state index is 5.97. The molecule has 3 heterocycles. The van der Waals surface area contributed by atoms with Crippen LogP contribution in [-0.4, -0.2) is 30.3 Å². The number of hydrogen-bond acceptors (Lipinski definition) is 5. The molecular formula is C24H29N3O2. The monoisotopic (exact) mass is 391 g/mol. The second-order valence-electron chi connectivity index (χ2n) is 7.92. The molecule has 152 valence electrons. The number of aryl methyl sites for hydroxylation is 1. The van der Waals surface area contributed by atoms with E-state index in [0.717, 1.165) is 48.1 Å². The van der Waals surface area contributed by atoms with Gasteiger partial charge in [0.1, 0.15) is 17.3 Å². The minimum absolute atomic E-state index is 0.236. The van der Waals surface area contributed by atoms with E-state index in [0.29, 0.717) is 6.54 Å². The highest BCUT2D eigenvalue weighted by Crippen LogP contribution is 2.23. The van der Waals surface area contributed by atoms with Crippen molar-refractivity contribution in [3.8, 4) is 11.3 Å². The number of pyridine rings is 1. The molecule has 2 aromatic heterocycles. The molecule has 0 bridgehead atoms. The number of furan rings is 1. The van der Waals surface area contributed by atoms with Crippen LogP contribution < -0.4 is 10.2 Å². The molecular weight excluding hydrogens is 362 g/mol. The van der Waals surface area contributed by atoms with E-state index in [4.69, 9.17) is 9.15 Å². The van der Waals surface area contributed by atoms with E-state index in [1.54, 1.807) is 0 Å². The third kappa shape index (κ3) is 5.05. The molecule has 1 aliphatic heterocycles. The Morgan fingerprint density at radius 2 is 1.72 bits per heavy atom. The van der Waals surface area contributed by atoms with Gasteiger partial charge in [0, 0.05) is 31.4 Å². The molecule has 1 fully saturated rings. The van der Waals surface area contributed by atoms with Gasteiger partial charge in [0.15, 0.2) is 0 Å². The lowest BCUT2D eigenvalue weighted by atomic mass is 10.1. The Labute approximate surface area is 172 Å². The maximum Gasteiger partial charge on any atom is 0.134 e. The van der Waals surface area contributed by atoms with Gasteiger partial charge in [-0.05, 0) is 44.5 Å². The number of anilines is 1. The molecule has 0 radical (unpaired) electrons. The third-order valence-corrected chi connectivity index (χ3v) is 5.18. The van der Waals surface area contributed by atoms with Crippen molar-refractivity contribution in [2.45, 2.75) is 46.1 Å². The van der Waals surface area contributed by atoms with Crippen LogP contribution in [0.1, 0.15) is 30.7 Å². The van der Waals surface area contributed by atoms with Crippen LogP contribution in [0.5, 0.6) is 0 Å². The van der Waals surface area contributed by atoms with E-state index in [-0.39, 0.29) is 12.2 Å². The summed E-state index contributed by atoms with van der Waals surface area (Å²) in [6.45, 7) is 9.52. The van der Waals surface area contributed by atoms with Gasteiger partial charge >= 0.3 is 0 Å². The van der Waals surface area contributed by atoms with Crippen molar-refractivity contribution < 1.29 is 9.15 Å². The first kappa shape index (κ1) is 19.7. The summed E-state index contributed by atoms with van der Waals surface area (Å²) in [5.41, 5.74) is 3.52. The summed E-state index contributed by atoms with van der Waals surface area (Å²) >= 11 is 0. The quantitative estimate of drug-likeness (QED) is 0.668. The molecule has 1 N–H and O–H groups in total. The first-order chi connectivity index (χ1) is 14.1. The number of hydrogen-bond donors (Lipinski definition) is 1. The molecule has 2 unspecified atom stereocenters. The summed E-state index contributed by atoms with van der Waals surface area (Å²) in [7, 11) is 0. The Bertz CT molecular complexity index is 908. The lowest BCUT2D eigenvalue weighted by Crippen LogP contribution is -2.45. The average molecular weight is 392 g/mol. The fourth-order valence-electron chi connectivity index (χ4n) is 3.75. The average Bonchev–Trinajstić information content (AvgIpc) is 3.17. The zero-order valence-electron chi connectivity index (χ0n) is 17.4. The first-order valence-corrected chi connectivity index (χ1v) is 10.3. The van der Waals surface area contributed by atoms with Gasteiger partial charge in [-0.15, -0.1) is 0 Å². The number of ether oxygens (including phenoxy) is 1. The highest BCUT2D eigenvalue weighted by molar-refractivity contribution is 5.57. The normalized spacial score (nSPS) is 19.5. The molecule has 0 aliphatic carbocycles. The Hall–Kier alpha value is -2.63. The summed E-state index contributed by atoms with van der Waals surface area (Å²) in [5.74, 6) is 2.85. The molecule has 29 heavy (non-hydrogen) atoms. The number of morpholine rings is 1. The standard InChI is InChI=1S/C24H29N3O2/c1-17-4-7-21(8-5-17)23-10-9-22(29-23)14-25-12-20-6-11-24(26-13-20)27-15-18(2)28-19(3)16-27/h4-11,13,18-19,25H,12,14-16H2,1-3H3. The fourth-order valence-corrected chi connectivity index (χ4v) is 3.75. The van der Waals surface area contributed by atoms with E-state index in [2.05, 4.69) is 72.4 Å². The van der Waals surface area contributed by atoms with E-state index in [1.165, 1.54) is 5.56 Å². The summed E-state index contributed by atoms with van der Waals surface area (Å²) in [6, 6.07) is 16.7. The summed E-state index contributed by atoms with van der Waals surface area (Å²) in [5, 5.41) is 3.44. The number of benzene rings is 1. The van der Waals surface area contributed by atoms with Crippen molar-refractivity contribution in [1.29, 1.82) is 0 Å². The topological polar surface area (TPSA) is 50.5 Å². The van der Waals surface area contributed by atoms with E-state index >= 15 is 0 Å². The summed E-state index contributed by atoms with van der Waals surface area (Å²) < 4.78 is 11.8. The zero-order valence-corrected chi connectivity index (χ0v) is 17.4. The van der Waals surface area contributed by atoms with E-state index in [9.17, 15) is 0 Å². The van der Waals surface area contributed by atoms with Crippen LogP contribution in [0.25, 0.3) is 11.3 Å². The molecule has 5 heteroatoms. The first-order valence-electron chi connectivity index (χ1n) is 10.3. The van der Waals surface area contributed by atoms with Crippen LogP contribution in [0, 0.1) is 6.92 Å². The van der Waals surface area contributed by atoms with Crippen LogP contribution in [0.2, 0.25) is 0 Å². The Morgan fingerprint density at radius 3 is 2.41 bits per heavy atom. The number of nitrogens with zero attached hydrogens (tertiary/aromatic N) is 2. The van der Waals surface area contributed by atoms with Crippen LogP contribution in [0.3, 0.4) is 0 Å². The Kier molecular flexibility index (Phi) is 5.97. The van der Waals surface area contributed by atoms with E-state index < -0.39 is 0 Å². The van der Waals surface area contributed by atoms with Gasteiger partial charge in [-0.3, -0.25) is 0 Å². The largest absolute Gasteiger partial charge is 0.460 e. The Morgan fingerprint density at radius 1 is 0.966 bits per heavy atom. The highest BCUT2D eigenvalue weighted by atomic mass is 16.5. The van der Waals surface area contributed by atoms with Crippen molar-refractivity contribution in [2.24, 2.45) is 0 Å². The third-order valence-electron chi connectivity index (χ3n) is 5.18. The molecule has 3 aromatic rings. The van der Waals surface area contributed by atoms with Crippen LogP contribution in [0.15, 0.2) is 59.1 Å². The molecule has 0 saturated carbocycles. The molecule has 1 aromatic carbocycles. The second kappa shape index (κ2) is 8.80. The molecule has 0 amide bonds. The van der Waals surface area contributed by atoms with Crippen LogP contribution >= 0.6 is 0 Å². The summed E-state index contributed by atoms with van der Waals surface area (Å²) in [6.07, 6.45) is 2.42. The van der Waals surface area contributed by atoms with Gasteiger partial charge in [-0.25, -0.2) is 4.98 Å². The van der Waals surface area contributed by atoms with Crippen molar-refractivity contribution in [3.05, 3.63) is 71.6 Å². The van der Waals surface area contributed by atoms with Gasteiger partial charge in [-0.2, -0.15) is 0 Å². The lowest BCUT2D eigenvalue weighted by molar-refractivity contribution is -0.00545. The second-order valence-corrected chi connectivity index (χ2v) is 7.92. The van der Waals surface area contributed by atoms with Crippen molar-refractivity contribution in [3.63, 3.8) is 0 Å². The fraction of sp³-hybridized carbons (Fsp3) is 0.375. The number of nitrogens with one attached hydrogen (secondary N) is 1. The molecule has 5 nitrogen and oxygen atoms in total. The molecule has 4 rings (SSSR count). The van der Waals surface area contributed by atoms with Gasteiger partial charge in [0.2, 0.25) is 0 Å². The molecule has 0 spiro atoms. The van der Waals surface area contributed by atoms with Gasteiger partial charge in [0.05, 0.1) is 18.8 Å². The minimum Gasteiger partial charge on any atom is -0.460 e. The molecule has 1 aliphatic rings. The smallest absolute Gasteiger partial charge is 0.134 e. The molecule has 2 atom stereocenters. The SMILES string of the molecule is Cc1ccc(-c2ccc(CNCc3ccc(N4CC(C)OC(C)C4)nc3)o2)cc1.